The van der Waals surface area contributed by atoms with E-state index in [4.69, 9.17) is 17.2 Å². The average molecular weight is 1290 g/mol. The van der Waals surface area contributed by atoms with E-state index in [0.29, 0.717) is 62.8 Å². The number of nitrogens with zero attached hydrogens (tertiary/aromatic N) is 2. The Morgan fingerprint density at radius 2 is 1.14 bits per heavy atom. The van der Waals surface area contributed by atoms with E-state index in [1.54, 1.807) is 44.2 Å². The van der Waals surface area contributed by atoms with Crippen LogP contribution in [0, 0.1) is 11.8 Å². The van der Waals surface area contributed by atoms with Gasteiger partial charge in [-0.15, -0.1) is 0 Å². The second kappa shape index (κ2) is 39.6. The van der Waals surface area contributed by atoms with Gasteiger partial charge < -0.3 is 95.3 Å². The first-order valence-corrected chi connectivity index (χ1v) is 31.8. The number of aliphatic hydroxyl groups excluding tert-OH is 3. The summed E-state index contributed by atoms with van der Waals surface area (Å²) < 4.78 is 0. The molecule has 1 aromatic rings. The Labute approximate surface area is 527 Å². The Balaban J connectivity index is 1.74. The maximum Gasteiger partial charge on any atom is 0.303 e. The molecule has 1 aromatic carbocycles. The van der Waals surface area contributed by atoms with Gasteiger partial charge in [0.05, 0.1) is 32.4 Å². The van der Waals surface area contributed by atoms with Crippen LogP contribution in [0.3, 0.4) is 0 Å². The van der Waals surface area contributed by atoms with Crippen LogP contribution >= 0.6 is 11.8 Å². The van der Waals surface area contributed by atoms with Crippen LogP contribution in [0.2, 0.25) is 0 Å². The topological polar surface area (TPSA) is 496 Å². The molecule has 0 aliphatic carbocycles. The predicted octanol–water partition coefficient (Wildman–Crippen LogP) is -5.17. The molecule has 31 nitrogen and oxygen atoms in total. The summed E-state index contributed by atoms with van der Waals surface area (Å²) in [6.07, 6.45) is 4.07. The first-order chi connectivity index (χ1) is 42.7. The number of carbonyl (C=O) groups excluding carboxylic acids is 12. The van der Waals surface area contributed by atoms with Gasteiger partial charge in [0.25, 0.3) is 0 Å². The lowest BCUT2D eigenvalue weighted by molar-refractivity contribution is -0.147. The highest BCUT2D eigenvalue weighted by molar-refractivity contribution is 7.98. The number of hydrogen-bond donors (Lipinski definition) is 16. The molecule has 90 heavy (non-hydrogen) atoms. The van der Waals surface area contributed by atoms with Gasteiger partial charge in [-0.05, 0) is 93.7 Å². The van der Waals surface area contributed by atoms with Crippen molar-refractivity contribution in [3.05, 3.63) is 35.9 Å². The molecular weight excluding hydrogens is 1200 g/mol. The van der Waals surface area contributed by atoms with Gasteiger partial charge in [-0.2, -0.15) is 11.8 Å². The van der Waals surface area contributed by atoms with Crippen molar-refractivity contribution in [3.63, 3.8) is 0 Å². The minimum absolute atomic E-state index is 0.0962. The fraction of sp³-hybridized carbons (Fsp3) is 0.672. The first kappa shape index (κ1) is 76.7. The number of likely N-dealkylation sites (tertiary alicyclic amines) is 2. The summed E-state index contributed by atoms with van der Waals surface area (Å²) in [5, 5.41) is 62.1. The summed E-state index contributed by atoms with van der Waals surface area (Å²) >= 11 is 1.44. The molecule has 0 bridgehead atoms. The highest BCUT2D eigenvalue weighted by Gasteiger charge is 2.44. The van der Waals surface area contributed by atoms with Crippen LogP contribution in [0.25, 0.3) is 0 Å². The maximum absolute atomic E-state index is 14.3. The number of nitrogens with one attached hydrogen (secondary N) is 9. The number of unbranched alkanes of at least 4 members (excludes halogenated alkanes) is 1. The zero-order valence-corrected chi connectivity index (χ0v) is 52.7. The molecule has 32 heteroatoms. The third-order valence-corrected chi connectivity index (χ3v) is 16.1. The summed E-state index contributed by atoms with van der Waals surface area (Å²) in [6, 6.07) is -6.94. The highest BCUT2D eigenvalue weighted by Crippen LogP contribution is 2.26. The number of carboxylic acid groups (broad SMARTS) is 1. The molecule has 12 atom stereocenters. The summed E-state index contributed by atoms with van der Waals surface area (Å²) in [7, 11) is 0. The van der Waals surface area contributed by atoms with E-state index in [1.807, 2.05) is 20.1 Å². The standard InChI is InChI=1S/C58H94N14O17S/c1-6-33(4)47(56(87)62-28-45(76)63-38(26-32(2)3)50(81)64-36(48(61)79)21-25-90-5)70-51(82)39(27-34-14-8-7-9-15-34)66-49(80)37(19-20-46(77)78)65-52(83)40(29-73)67-53(84)41(30-74)68-54(85)42(31-75)69-55(86)43-17-12-23-71(43)58(89)44-18-13-24-72(44)57(88)35(60)16-10-11-22-59/h7-9,14-15,32-33,35-44,47,73-75H,6,10-13,16-31,59-60H2,1-5H3,(H2,61,79)(H,62,87)(H,63,76)(H,64,81)(H,65,83)(H,66,80)(H,67,84)(H,68,85)(H,69,86)(H,70,82)(H,77,78). The Morgan fingerprint density at radius 3 is 1.69 bits per heavy atom. The van der Waals surface area contributed by atoms with Crippen LogP contribution in [0.15, 0.2) is 30.3 Å². The number of thioether (sulfide) groups is 1. The molecule has 504 valence electrons. The van der Waals surface area contributed by atoms with Crippen molar-refractivity contribution in [2.45, 2.75) is 178 Å². The molecule has 2 fully saturated rings. The number of aliphatic hydroxyl groups is 3. The fourth-order valence-electron chi connectivity index (χ4n) is 10.1. The van der Waals surface area contributed by atoms with E-state index in [0.717, 1.165) is 0 Å². The van der Waals surface area contributed by atoms with E-state index in [-0.39, 0.29) is 44.7 Å². The first-order valence-electron chi connectivity index (χ1n) is 30.4. The van der Waals surface area contributed by atoms with Crippen LogP contribution in [-0.4, -0.2) is 232 Å². The summed E-state index contributed by atoms with van der Waals surface area (Å²) in [4.78, 5) is 177. The smallest absolute Gasteiger partial charge is 0.303 e. The number of carbonyl (C=O) groups is 13. The lowest BCUT2D eigenvalue weighted by Crippen LogP contribution is -2.62. The van der Waals surface area contributed by atoms with Crippen LogP contribution < -0.4 is 65.1 Å². The van der Waals surface area contributed by atoms with Crippen LogP contribution in [-0.2, 0) is 68.7 Å². The monoisotopic (exact) mass is 1290 g/mol. The molecule has 3 rings (SSSR count). The molecule has 12 unspecified atom stereocenters. The SMILES string of the molecule is CCC(C)C(NC(=O)C(Cc1ccccc1)NC(=O)C(CCC(=O)O)NC(=O)C(CO)NC(=O)C(CO)NC(=O)C(CO)NC(=O)C1CCCN1C(=O)C1CCCN1C(=O)C(N)CCCCN)C(=O)NCC(=O)NC(CC(C)C)C(=O)NC(CCSC)C(N)=O. The average Bonchev–Trinajstić information content (AvgIpc) is 1.73. The predicted molar refractivity (Wildman–Crippen MR) is 328 cm³/mol. The summed E-state index contributed by atoms with van der Waals surface area (Å²) in [5.74, 6) is -12.1. The molecule has 2 aliphatic rings. The number of rotatable bonds is 40. The Morgan fingerprint density at radius 1 is 0.622 bits per heavy atom. The lowest BCUT2D eigenvalue weighted by atomic mass is 9.97. The second-order valence-electron chi connectivity index (χ2n) is 22.8. The number of nitrogens with two attached hydrogens (primary N) is 3. The molecule has 0 aromatic heterocycles. The van der Waals surface area contributed by atoms with E-state index >= 15 is 0 Å². The molecule has 0 spiro atoms. The number of amides is 12. The lowest BCUT2D eigenvalue weighted by Gasteiger charge is -2.32. The summed E-state index contributed by atoms with van der Waals surface area (Å²) in [6.45, 7) is 3.88. The van der Waals surface area contributed by atoms with Crippen LogP contribution in [0.1, 0.15) is 110 Å². The van der Waals surface area contributed by atoms with Gasteiger partial charge in [0.2, 0.25) is 70.9 Å². The largest absolute Gasteiger partial charge is 0.481 e. The van der Waals surface area contributed by atoms with Gasteiger partial charge in [0, 0.05) is 25.9 Å². The zero-order valence-electron chi connectivity index (χ0n) is 51.9. The van der Waals surface area contributed by atoms with Crippen molar-refractivity contribution in [1.82, 2.24) is 57.7 Å². The molecule has 2 aliphatic heterocycles. The molecular formula is C58H94N14O17S. The normalized spacial score (nSPS) is 17.9. The van der Waals surface area contributed by atoms with Gasteiger partial charge in [0.1, 0.15) is 60.4 Å². The highest BCUT2D eigenvalue weighted by atomic mass is 32.2. The molecule has 0 radical (unpaired) electrons. The van der Waals surface area contributed by atoms with Crippen LogP contribution in [0.4, 0.5) is 0 Å². The van der Waals surface area contributed by atoms with Gasteiger partial charge in [-0.25, -0.2) is 0 Å². The van der Waals surface area contributed by atoms with Crippen molar-refractivity contribution < 1.29 is 82.8 Å². The van der Waals surface area contributed by atoms with Crippen molar-refractivity contribution in [1.29, 1.82) is 0 Å². The van der Waals surface area contributed by atoms with Crippen molar-refractivity contribution in [2.24, 2.45) is 29.0 Å². The number of primary amides is 1. The fourth-order valence-corrected chi connectivity index (χ4v) is 10.6. The molecule has 19 N–H and O–H groups in total. The van der Waals surface area contributed by atoms with Gasteiger partial charge >= 0.3 is 5.97 Å². The van der Waals surface area contributed by atoms with E-state index in [1.165, 1.54) is 21.6 Å². The van der Waals surface area contributed by atoms with Crippen LogP contribution in [0.5, 0.6) is 0 Å². The zero-order chi connectivity index (χ0) is 67.2. The van der Waals surface area contributed by atoms with Gasteiger partial charge in [-0.1, -0.05) is 70.9 Å². The van der Waals surface area contributed by atoms with E-state index < -0.39 is 188 Å². The third-order valence-electron chi connectivity index (χ3n) is 15.4. The molecule has 2 saturated heterocycles. The van der Waals surface area contributed by atoms with Crippen molar-refractivity contribution in [3.8, 4) is 0 Å². The van der Waals surface area contributed by atoms with Gasteiger partial charge in [0.15, 0.2) is 0 Å². The number of carboxylic acids is 1. The minimum atomic E-state index is -1.94. The Bertz CT molecular complexity index is 2610. The second-order valence-corrected chi connectivity index (χ2v) is 23.8. The maximum atomic E-state index is 14.3. The van der Waals surface area contributed by atoms with Crippen molar-refractivity contribution >= 4 is 88.6 Å². The van der Waals surface area contributed by atoms with E-state index in [2.05, 4.69) is 47.9 Å². The number of hydrogen-bond acceptors (Lipinski definition) is 19. The van der Waals surface area contributed by atoms with E-state index in [9.17, 15) is 82.8 Å². The number of benzene rings is 1. The van der Waals surface area contributed by atoms with Crippen molar-refractivity contribution in [2.75, 3.05) is 58.0 Å². The molecule has 2 heterocycles. The molecule has 0 saturated carbocycles. The number of aliphatic carboxylic acids is 1. The third kappa shape index (κ3) is 24.7. The summed E-state index contributed by atoms with van der Waals surface area (Å²) in [5.41, 5.74) is 17.7. The molecule has 12 amide bonds. The van der Waals surface area contributed by atoms with Gasteiger partial charge in [-0.3, -0.25) is 62.3 Å². The quantitative estimate of drug-likeness (QED) is 0.0273. The minimum Gasteiger partial charge on any atom is -0.481 e. The Kier molecular flexibility index (Phi) is 33.7. The Hall–Kier alpha value is -7.52.